The number of allylic oxidation sites excluding steroid dienone is 1. The summed E-state index contributed by atoms with van der Waals surface area (Å²) in [6.07, 6.45) is 2.66. The van der Waals surface area contributed by atoms with E-state index in [4.69, 9.17) is 18.9 Å². The topological polar surface area (TPSA) is 54.0 Å². The maximum atomic E-state index is 11.1. The van der Waals surface area contributed by atoms with Crippen LogP contribution in [0.3, 0.4) is 0 Å². The average molecular weight is 318 g/mol. The molecule has 5 nitrogen and oxygen atoms in total. The van der Waals surface area contributed by atoms with E-state index in [0.717, 1.165) is 29.1 Å². The van der Waals surface area contributed by atoms with Gasteiger partial charge in [0.15, 0.2) is 5.76 Å². The zero-order valence-corrected chi connectivity index (χ0v) is 13.8. The van der Waals surface area contributed by atoms with Crippen LogP contribution in [0.5, 0.6) is 5.75 Å². The lowest BCUT2D eigenvalue weighted by atomic mass is 9.95. The number of rotatable bonds is 8. The molecule has 2 rings (SSSR count). The molecule has 0 saturated carbocycles. The molecule has 0 amide bonds. The van der Waals surface area contributed by atoms with Crippen LogP contribution >= 0.6 is 0 Å². The Labute approximate surface area is 136 Å². The smallest absolute Gasteiger partial charge is 0.330 e. The van der Waals surface area contributed by atoms with Crippen LogP contribution in [0.1, 0.15) is 29.9 Å². The third-order valence-corrected chi connectivity index (χ3v) is 3.89. The number of esters is 1. The summed E-state index contributed by atoms with van der Waals surface area (Å²) in [6.45, 7) is 3.73. The van der Waals surface area contributed by atoms with Gasteiger partial charge in [0.05, 0.1) is 33.5 Å². The third-order valence-electron chi connectivity index (χ3n) is 3.89. The zero-order valence-electron chi connectivity index (χ0n) is 13.8. The quantitative estimate of drug-likeness (QED) is 0.418. The van der Waals surface area contributed by atoms with Crippen molar-refractivity contribution in [1.29, 1.82) is 0 Å². The highest BCUT2D eigenvalue weighted by atomic mass is 16.5. The highest BCUT2D eigenvalue weighted by Crippen LogP contribution is 2.48. The van der Waals surface area contributed by atoms with Gasteiger partial charge in [0.2, 0.25) is 0 Å². The molecule has 1 aliphatic rings. The highest BCUT2D eigenvalue weighted by molar-refractivity contribution is 5.81. The van der Waals surface area contributed by atoms with Gasteiger partial charge in [0, 0.05) is 12.0 Å². The Hall–Kier alpha value is -2.43. The number of ether oxygens (including phenoxy) is 4. The normalized spacial score (nSPS) is 15.9. The van der Waals surface area contributed by atoms with E-state index >= 15 is 0 Å². The van der Waals surface area contributed by atoms with Gasteiger partial charge in [-0.25, -0.2) is 4.79 Å². The van der Waals surface area contributed by atoms with E-state index in [0.29, 0.717) is 18.8 Å². The number of hydrogen-bond donors (Lipinski definition) is 0. The number of benzene rings is 1. The molecule has 124 valence electrons. The van der Waals surface area contributed by atoms with Gasteiger partial charge >= 0.3 is 5.97 Å². The predicted octanol–water partition coefficient (Wildman–Crippen LogP) is 3.26. The second kappa shape index (κ2) is 7.72. The Balaban J connectivity index is 2.21. The van der Waals surface area contributed by atoms with E-state index in [2.05, 4.69) is 6.58 Å². The van der Waals surface area contributed by atoms with Gasteiger partial charge in [0.1, 0.15) is 11.5 Å². The molecule has 0 bridgehead atoms. The molecule has 0 spiro atoms. The fourth-order valence-electron chi connectivity index (χ4n) is 2.92. The Bertz CT molecular complexity index is 618. The van der Waals surface area contributed by atoms with E-state index in [1.165, 1.54) is 6.08 Å². The summed E-state index contributed by atoms with van der Waals surface area (Å²) < 4.78 is 21.6. The molecule has 1 aromatic rings. The van der Waals surface area contributed by atoms with Gasteiger partial charge in [-0.3, -0.25) is 0 Å². The van der Waals surface area contributed by atoms with Crippen molar-refractivity contribution >= 4 is 11.7 Å². The maximum Gasteiger partial charge on any atom is 0.330 e. The molecule has 1 aliphatic carbocycles. The molecular weight excluding hydrogens is 296 g/mol. The lowest BCUT2D eigenvalue weighted by Crippen LogP contribution is -2.06. The lowest BCUT2D eigenvalue weighted by Gasteiger charge is -2.15. The zero-order chi connectivity index (χ0) is 16.8. The molecule has 5 heteroatoms. The Morgan fingerprint density at radius 1 is 1.22 bits per heavy atom. The fourth-order valence-corrected chi connectivity index (χ4v) is 2.92. The van der Waals surface area contributed by atoms with Crippen LogP contribution in [-0.2, 0) is 19.0 Å². The SMILES string of the molecule is C=CC(=O)OCCCC1C(OC)=C(OC)c2c(OC)cccc21. The Morgan fingerprint density at radius 2 is 2.00 bits per heavy atom. The van der Waals surface area contributed by atoms with Crippen LogP contribution in [-0.4, -0.2) is 33.9 Å². The summed E-state index contributed by atoms with van der Waals surface area (Å²) in [5, 5.41) is 0. The van der Waals surface area contributed by atoms with Gasteiger partial charge in [0.25, 0.3) is 0 Å². The van der Waals surface area contributed by atoms with Crippen LogP contribution in [0.15, 0.2) is 36.6 Å². The molecule has 23 heavy (non-hydrogen) atoms. The molecule has 1 unspecified atom stereocenters. The first-order valence-electron chi connectivity index (χ1n) is 7.46. The minimum Gasteiger partial charge on any atom is -0.497 e. The second-order valence-electron chi connectivity index (χ2n) is 5.09. The van der Waals surface area contributed by atoms with E-state index in [9.17, 15) is 4.79 Å². The van der Waals surface area contributed by atoms with Crippen LogP contribution in [0, 0.1) is 0 Å². The van der Waals surface area contributed by atoms with Crippen molar-refractivity contribution in [2.24, 2.45) is 0 Å². The summed E-state index contributed by atoms with van der Waals surface area (Å²) >= 11 is 0. The summed E-state index contributed by atoms with van der Waals surface area (Å²) in [6, 6.07) is 5.90. The van der Waals surface area contributed by atoms with Gasteiger partial charge in [-0.2, -0.15) is 0 Å². The van der Waals surface area contributed by atoms with Crippen molar-refractivity contribution in [3.8, 4) is 5.75 Å². The minimum absolute atomic E-state index is 0.0579. The van der Waals surface area contributed by atoms with Gasteiger partial charge < -0.3 is 18.9 Å². The lowest BCUT2D eigenvalue weighted by molar-refractivity contribution is -0.137. The molecular formula is C18H22O5. The number of methoxy groups -OCH3 is 3. The highest BCUT2D eigenvalue weighted by Gasteiger charge is 2.35. The largest absolute Gasteiger partial charge is 0.497 e. The van der Waals surface area contributed by atoms with Crippen molar-refractivity contribution in [2.75, 3.05) is 27.9 Å². The number of carbonyl (C=O) groups is 1. The molecule has 0 N–H and O–H groups in total. The van der Waals surface area contributed by atoms with Gasteiger partial charge in [-0.15, -0.1) is 0 Å². The first-order valence-corrected chi connectivity index (χ1v) is 7.46. The molecule has 0 radical (unpaired) electrons. The molecule has 1 aromatic carbocycles. The standard InChI is InChI=1S/C18H22O5/c1-5-15(19)23-11-7-9-13-12-8-6-10-14(20-2)16(12)18(22-4)17(13)21-3/h5-6,8,10,13H,1,7,9,11H2,2-4H3. The number of carbonyl (C=O) groups excluding carboxylic acids is 1. The molecule has 0 aliphatic heterocycles. The van der Waals surface area contributed by atoms with Crippen molar-refractivity contribution in [1.82, 2.24) is 0 Å². The monoisotopic (exact) mass is 318 g/mol. The molecule has 0 saturated heterocycles. The first-order chi connectivity index (χ1) is 11.2. The minimum atomic E-state index is -0.404. The van der Waals surface area contributed by atoms with E-state index in [1.54, 1.807) is 21.3 Å². The van der Waals surface area contributed by atoms with Crippen LogP contribution in [0.4, 0.5) is 0 Å². The van der Waals surface area contributed by atoms with Crippen molar-refractivity contribution < 1.29 is 23.7 Å². The summed E-state index contributed by atoms with van der Waals surface area (Å²) in [4.78, 5) is 11.1. The van der Waals surface area contributed by atoms with Crippen LogP contribution in [0.2, 0.25) is 0 Å². The molecule has 0 aromatic heterocycles. The molecule has 0 heterocycles. The van der Waals surface area contributed by atoms with E-state index in [-0.39, 0.29) is 5.92 Å². The van der Waals surface area contributed by atoms with Crippen molar-refractivity contribution in [3.63, 3.8) is 0 Å². The van der Waals surface area contributed by atoms with E-state index in [1.807, 2.05) is 18.2 Å². The summed E-state index contributed by atoms with van der Waals surface area (Å²) in [5.41, 5.74) is 2.04. The Morgan fingerprint density at radius 3 is 2.61 bits per heavy atom. The van der Waals surface area contributed by atoms with Crippen molar-refractivity contribution in [2.45, 2.75) is 18.8 Å². The van der Waals surface area contributed by atoms with Gasteiger partial charge in [-0.05, 0) is 24.5 Å². The second-order valence-corrected chi connectivity index (χ2v) is 5.09. The fraction of sp³-hybridized carbons (Fsp3) is 0.389. The van der Waals surface area contributed by atoms with Crippen LogP contribution in [0.25, 0.3) is 5.76 Å². The Kier molecular flexibility index (Phi) is 5.68. The average Bonchev–Trinajstić information content (AvgIpc) is 2.91. The maximum absolute atomic E-state index is 11.1. The summed E-state index contributed by atoms with van der Waals surface area (Å²) in [5.74, 6) is 1.89. The number of fused-ring (bicyclic) bond motifs is 1. The molecule has 1 atom stereocenters. The first kappa shape index (κ1) is 16.9. The van der Waals surface area contributed by atoms with Crippen LogP contribution < -0.4 is 4.74 Å². The van der Waals surface area contributed by atoms with Gasteiger partial charge in [-0.1, -0.05) is 18.7 Å². The van der Waals surface area contributed by atoms with Crippen molar-refractivity contribution in [3.05, 3.63) is 47.7 Å². The third kappa shape index (κ3) is 3.33. The summed E-state index contributed by atoms with van der Waals surface area (Å²) in [7, 11) is 4.90. The van der Waals surface area contributed by atoms with E-state index < -0.39 is 5.97 Å². The number of hydrogen-bond acceptors (Lipinski definition) is 5. The predicted molar refractivity (Wildman–Crippen MR) is 87.1 cm³/mol. The molecule has 0 fully saturated rings.